The largest absolute Gasteiger partial charge is 0.416 e. The molecular formula is C16H22F3N3O. The molecule has 1 aromatic rings. The first-order chi connectivity index (χ1) is 10.8. The maximum absolute atomic E-state index is 12.5. The maximum atomic E-state index is 12.5. The van der Waals surface area contributed by atoms with E-state index in [1.54, 1.807) is 0 Å². The normalized spacial score (nSPS) is 17.3. The molecule has 4 nitrogen and oxygen atoms in total. The molecule has 1 aromatic carbocycles. The highest BCUT2D eigenvalue weighted by Gasteiger charge is 2.30. The van der Waals surface area contributed by atoms with Gasteiger partial charge < -0.3 is 15.5 Å². The van der Waals surface area contributed by atoms with E-state index in [1.807, 2.05) is 0 Å². The summed E-state index contributed by atoms with van der Waals surface area (Å²) in [5, 5.41) is 5.44. The Kier molecular flexibility index (Phi) is 5.51. The van der Waals surface area contributed by atoms with Crippen LogP contribution >= 0.6 is 0 Å². The number of nitrogens with zero attached hydrogens (tertiary/aromatic N) is 1. The van der Waals surface area contributed by atoms with Crippen LogP contribution in [0.2, 0.25) is 0 Å². The van der Waals surface area contributed by atoms with Crippen LogP contribution in [-0.2, 0) is 6.18 Å². The summed E-state index contributed by atoms with van der Waals surface area (Å²) in [5.74, 6) is 0. The number of likely N-dealkylation sites (tertiary alicyclic amines) is 1. The van der Waals surface area contributed by atoms with Crippen LogP contribution in [0.1, 0.15) is 32.3 Å². The van der Waals surface area contributed by atoms with Crippen LogP contribution in [0, 0.1) is 0 Å². The van der Waals surface area contributed by atoms with Crippen molar-refractivity contribution < 1.29 is 18.0 Å². The van der Waals surface area contributed by atoms with Gasteiger partial charge in [0.1, 0.15) is 0 Å². The van der Waals surface area contributed by atoms with Gasteiger partial charge >= 0.3 is 12.2 Å². The van der Waals surface area contributed by atoms with Gasteiger partial charge in [-0.05, 0) is 51.0 Å². The van der Waals surface area contributed by atoms with E-state index >= 15 is 0 Å². The van der Waals surface area contributed by atoms with Crippen molar-refractivity contribution in [3.8, 4) is 0 Å². The van der Waals surface area contributed by atoms with Gasteiger partial charge in [-0.2, -0.15) is 13.2 Å². The number of piperidine rings is 1. The molecule has 1 heterocycles. The van der Waals surface area contributed by atoms with Gasteiger partial charge in [-0.1, -0.05) is 0 Å². The molecule has 0 unspecified atom stereocenters. The molecule has 1 aliphatic heterocycles. The first kappa shape index (κ1) is 17.6. The molecule has 2 rings (SSSR count). The van der Waals surface area contributed by atoms with Gasteiger partial charge in [0.15, 0.2) is 0 Å². The van der Waals surface area contributed by atoms with Crippen LogP contribution in [0.5, 0.6) is 0 Å². The predicted molar refractivity (Wildman–Crippen MR) is 83.3 cm³/mol. The Morgan fingerprint density at radius 2 is 1.74 bits per heavy atom. The number of rotatable bonds is 3. The third-order valence-electron chi connectivity index (χ3n) is 4.07. The molecule has 0 bridgehead atoms. The van der Waals surface area contributed by atoms with Gasteiger partial charge in [0, 0.05) is 30.9 Å². The van der Waals surface area contributed by atoms with Crippen LogP contribution in [-0.4, -0.2) is 36.1 Å². The summed E-state index contributed by atoms with van der Waals surface area (Å²) in [5.41, 5.74) is -0.389. The Hall–Kier alpha value is -1.76. The molecule has 128 valence electrons. The third-order valence-corrected chi connectivity index (χ3v) is 4.07. The summed E-state index contributed by atoms with van der Waals surface area (Å²) in [6, 6.07) is 4.63. The number of carbonyl (C=O) groups excluding carboxylic acids is 1. The van der Waals surface area contributed by atoms with E-state index in [0.717, 1.165) is 38.1 Å². The molecule has 0 atom stereocenters. The third kappa shape index (κ3) is 5.13. The van der Waals surface area contributed by atoms with Crippen molar-refractivity contribution in [1.29, 1.82) is 0 Å². The van der Waals surface area contributed by atoms with E-state index < -0.39 is 11.7 Å². The van der Waals surface area contributed by atoms with Gasteiger partial charge in [0.05, 0.1) is 5.56 Å². The number of benzene rings is 1. The monoisotopic (exact) mass is 329 g/mol. The summed E-state index contributed by atoms with van der Waals surface area (Å²) in [4.78, 5) is 14.3. The molecule has 0 spiro atoms. The average Bonchev–Trinajstić information content (AvgIpc) is 2.47. The summed E-state index contributed by atoms with van der Waals surface area (Å²) in [6.07, 6.45) is -2.62. The molecule has 7 heteroatoms. The SMILES string of the molecule is CC(C)N1CCC(NC(=O)Nc2ccc(C(F)(F)F)cc2)CC1. The minimum absolute atomic E-state index is 0.0967. The lowest BCUT2D eigenvalue weighted by Crippen LogP contribution is -2.47. The molecule has 0 aliphatic carbocycles. The van der Waals surface area contributed by atoms with Crippen LogP contribution < -0.4 is 10.6 Å². The predicted octanol–water partition coefficient (Wildman–Crippen LogP) is 3.70. The summed E-state index contributed by atoms with van der Waals surface area (Å²) in [6.45, 7) is 6.15. The second kappa shape index (κ2) is 7.21. The quantitative estimate of drug-likeness (QED) is 0.888. The Morgan fingerprint density at radius 1 is 1.17 bits per heavy atom. The first-order valence-electron chi connectivity index (χ1n) is 7.74. The molecular weight excluding hydrogens is 307 g/mol. The zero-order valence-electron chi connectivity index (χ0n) is 13.3. The number of nitrogens with one attached hydrogen (secondary N) is 2. The number of alkyl halides is 3. The molecule has 1 aliphatic rings. The Balaban J connectivity index is 1.81. The number of carbonyl (C=O) groups is 1. The highest BCUT2D eigenvalue weighted by Crippen LogP contribution is 2.29. The summed E-state index contributed by atoms with van der Waals surface area (Å²) >= 11 is 0. The molecule has 0 radical (unpaired) electrons. The van der Waals surface area contributed by atoms with Crippen LogP contribution in [0.15, 0.2) is 24.3 Å². The molecule has 0 aromatic heterocycles. The van der Waals surface area contributed by atoms with Crippen LogP contribution in [0.4, 0.5) is 23.7 Å². The van der Waals surface area contributed by atoms with Gasteiger partial charge in [-0.25, -0.2) is 4.79 Å². The summed E-state index contributed by atoms with van der Waals surface area (Å²) in [7, 11) is 0. The number of halogens is 3. The first-order valence-corrected chi connectivity index (χ1v) is 7.74. The molecule has 2 N–H and O–H groups in total. The molecule has 2 amide bonds. The van der Waals surface area contributed by atoms with Crippen molar-refractivity contribution in [2.75, 3.05) is 18.4 Å². The van der Waals surface area contributed by atoms with Crippen molar-refractivity contribution in [3.63, 3.8) is 0 Å². The van der Waals surface area contributed by atoms with Crippen LogP contribution in [0.25, 0.3) is 0 Å². The number of hydrogen-bond acceptors (Lipinski definition) is 2. The Morgan fingerprint density at radius 3 is 2.22 bits per heavy atom. The average molecular weight is 329 g/mol. The standard InChI is InChI=1S/C16H22F3N3O/c1-11(2)22-9-7-14(8-10-22)21-15(23)20-13-5-3-12(4-6-13)16(17,18)19/h3-6,11,14H,7-10H2,1-2H3,(H2,20,21,23). The van der Waals surface area contributed by atoms with E-state index in [9.17, 15) is 18.0 Å². The van der Waals surface area contributed by atoms with Gasteiger partial charge in [-0.15, -0.1) is 0 Å². The highest BCUT2D eigenvalue weighted by molar-refractivity contribution is 5.89. The maximum Gasteiger partial charge on any atom is 0.416 e. The van der Waals surface area contributed by atoms with E-state index in [2.05, 4.69) is 29.4 Å². The molecule has 23 heavy (non-hydrogen) atoms. The van der Waals surface area contributed by atoms with E-state index in [1.165, 1.54) is 12.1 Å². The minimum Gasteiger partial charge on any atom is -0.335 e. The summed E-state index contributed by atoms with van der Waals surface area (Å²) < 4.78 is 37.4. The van der Waals surface area contributed by atoms with E-state index in [0.29, 0.717) is 11.7 Å². The number of hydrogen-bond donors (Lipinski definition) is 2. The zero-order chi connectivity index (χ0) is 17.0. The Bertz CT molecular complexity index is 520. The second-order valence-electron chi connectivity index (χ2n) is 6.08. The molecule has 1 saturated heterocycles. The second-order valence-corrected chi connectivity index (χ2v) is 6.08. The van der Waals surface area contributed by atoms with Gasteiger partial charge in [0.25, 0.3) is 0 Å². The highest BCUT2D eigenvalue weighted by atomic mass is 19.4. The lowest BCUT2D eigenvalue weighted by atomic mass is 10.0. The van der Waals surface area contributed by atoms with Crippen molar-refractivity contribution in [2.45, 2.75) is 44.9 Å². The fourth-order valence-corrected chi connectivity index (χ4v) is 2.66. The molecule has 1 fully saturated rings. The van der Waals surface area contributed by atoms with Crippen molar-refractivity contribution in [1.82, 2.24) is 10.2 Å². The van der Waals surface area contributed by atoms with E-state index in [4.69, 9.17) is 0 Å². The van der Waals surface area contributed by atoms with Gasteiger partial charge in [0.2, 0.25) is 0 Å². The smallest absolute Gasteiger partial charge is 0.335 e. The fraction of sp³-hybridized carbons (Fsp3) is 0.562. The number of urea groups is 1. The number of amides is 2. The van der Waals surface area contributed by atoms with Crippen LogP contribution in [0.3, 0.4) is 0 Å². The van der Waals surface area contributed by atoms with Gasteiger partial charge in [-0.3, -0.25) is 0 Å². The Labute approximate surface area is 134 Å². The van der Waals surface area contributed by atoms with Crippen molar-refractivity contribution in [3.05, 3.63) is 29.8 Å². The minimum atomic E-state index is -4.37. The zero-order valence-corrected chi connectivity index (χ0v) is 13.3. The lowest BCUT2D eigenvalue weighted by Gasteiger charge is -2.34. The van der Waals surface area contributed by atoms with Crippen molar-refractivity contribution >= 4 is 11.7 Å². The molecule has 0 saturated carbocycles. The topological polar surface area (TPSA) is 44.4 Å². The number of anilines is 1. The fourth-order valence-electron chi connectivity index (χ4n) is 2.66. The van der Waals surface area contributed by atoms with Crippen molar-refractivity contribution in [2.24, 2.45) is 0 Å². The lowest BCUT2D eigenvalue weighted by molar-refractivity contribution is -0.137. The van der Waals surface area contributed by atoms with E-state index in [-0.39, 0.29) is 12.1 Å².